The lowest BCUT2D eigenvalue weighted by Crippen LogP contribution is -2.38. The predicted molar refractivity (Wildman–Crippen MR) is 112 cm³/mol. The number of rotatable bonds is 9. The summed E-state index contributed by atoms with van der Waals surface area (Å²) < 4.78 is 2.12. The Hall–Kier alpha value is -2.76. The summed E-state index contributed by atoms with van der Waals surface area (Å²) in [5.74, 6) is 1.18. The van der Waals surface area contributed by atoms with Crippen molar-refractivity contribution in [2.24, 2.45) is 10.9 Å². The monoisotopic (exact) mass is 369 g/mol. The molecule has 0 aliphatic carbocycles. The zero-order valence-electron chi connectivity index (χ0n) is 16.5. The molecule has 2 rings (SSSR count). The second-order valence-corrected chi connectivity index (χ2v) is 6.89. The number of nitrogens with one attached hydrogen (secondary N) is 3. The Morgan fingerprint density at radius 3 is 2.63 bits per heavy atom. The summed E-state index contributed by atoms with van der Waals surface area (Å²) in [6.07, 6.45) is 4.62. The minimum absolute atomic E-state index is 0.0469. The van der Waals surface area contributed by atoms with E-state index in [0.29, 0.717) is 18.9 Å². The number of hydrogen-bond acceptors (Lipinski definition) is 2. The van der Waals surface area contributed by atoms with Crippen LogP contribution < -0.4 is 16.0 Å². The van der Waals surface area contributed by atoms with Crippen molar-refractivity contribution in [3.05, 3.63) is 54.4 Å². The van der Waals surface area contributed by atoms with Crippen LogP contribution in [0.25, 0.3) is 0 Å². The molecule has 0 radical (unpaired) electrons. The number of anilines is 1. The van der Waals surface area contributed by atoms with Gasteiger partial charge in [-0.25, -0.2) is 4.99 Å². The molecule has 6 heteroatoms. The molecule has 2 aromatic rings. The van der Waals surface area contributed by atoms with Crippen LogP contribution in [0, 0.1) is 5.92 Å². The van der Waals surface area contributed by atoms with Gasteiger partial charge < -0.3 is 20.5 Å². The van der Waals surface area contributed by atoms with E-state index >= 15 is 0 Å². The highest BCUT2D eigenvalue weighted by Gasteiger charge is 2.05. The number of amides is 1. The van der Waals surface area contributed by atoms with E-state index in [2.05, 4.69) is 25.5 Å². The topological polar surface area (TPSA) is 70.4 Å². The number of nitrogens with zero attached hydrogens (tertiary/aromatic N) is 2. The fourth-order valence-electron chi connectivity index (χ4n) is 2.66. The van der Waals surface area contributed by atoms with Crippen LogP contribution in [0.2, 0.25) is 0 Å². The summed E-state index contributed by atoms with van der Waals surface area (Å²) >= 11 is 0. The van der Waals surface area contributed by atoms with Crippen molar-refractivity contribution in [1.29, 1.82) is 0 Å². The fourth-order valence-corrected chi connectivity index (χ4v) is 2.66. The van der Waals surface area contributed by atoms with Crippen LogP contribution in [0.3, 0.4) is 0 Å². The van der Waals surface area contributed by atoms with E-state index in [9.17, 15) is 4.79 Å². The molecule has 0 fully saturated rings. The number of carbonyl (C=O) groups excluding carboxylic acids is 1. The summed E-state index contributed by atoms with van der Waals surface area (Å²) in [6.45, 7) is 9.16. The fraction of sp³-hybridized carbons (Fsp3) is 0.429. The molecule has 146 valence electrons. The van der Waals surface area contributed by atoms with Gasteiger partial charge in [0.15, 0.2) is 5.96 Å². The third-order valence-corrected chi connectivity index (χ3v) is 3.90. The molecule has 1 amide bonds. The quantitative estimate of drug-likeness (QED) is 0.469. The van der Waals surface area contributed by atoms with Crippen molar-refractivity contribution < 1.29 is 4.79 Å². The summed E-state index contributed by atoms with van der Waals surface area (Å²) in [4.78, 5) is 16.6. The molecule has 1 aromatic heterocycles. The first-order valence-electron chi connectivity index (χ1n) is 9.58. The van der Waals surface area contributed by atoms with Gasteiger partial charge in [-0.1, -0.05) is 26.0 Å². The van der Waals surface area contributed by atoms with Crippen LogP contribution in [0.15, 0.2) is 53.8 Å². The molecule has 0 atom stereocenters. The van der Waals surface area contributed by atoms with Gasteiger partial charge in [-0.3, -0.25) is 4.79 Å². The molecule has 0 bridgehead atoms. The molecule has 6 nitrogen and oxygen atoms in total. The number of aromatic nitrogens is 1. The van der Waals surface area contributed by atoms with Crippen molar-refractivity contribution in [2.45, 2.75) is 40.3 Å². The number of benzene rings is 1. The van der Waals surface area contributed by atoms with Gasteiger partial charge in [-0.05, 0) is 42.7 Å². The lowest BCUT2D eigenvalue weighted by molar-refractivity contribution is -0.116. The maximum atomic E-state index is 11.9. The Bertz CT molecular complexity index is 722. The van der Waals surface area contributed by atoms with Crippen molar-refractivity contribution in [3.63, 3.8) is 0 Å². The number of carbonyl (C=O) groups is 1. The summed E-state index contributed by atoms with van der Waals surface area (Å²) in [5, 5.41) is 9.56. The zero-order chi connectivity index (χ0) is 19.5. The highest BCUT2D eigenvalue weighted by molar-refractivity contribution is 5.90. The van der Waals surface area contributed by atoms with Gasteiger partial charge in [0.05, 0.1) is 6.54 Å². The molecule has 0 saturated heterocycles. The normalized spacial score (nSPS) is 11.5. The molecule has 0 saturated carbocycles. The standard InChI is InChI=1S/C21H31N5O/c1-4-22-21(23-10-13-26-11-5-6-12-26)24-16-18-8-7-9-19(15-18)25-20(27)14-17(2)3/h5-9,11-12,15,17H,4,10,13-14,16H2,1-3H3,(H,25,27)(H2,22,23,24). The number of guanidine groups is 1. The first kappa shape index (κ1) is 20.6. The van der Waals surface area contributed by atoms with E-state index in [0.717, 1.165) is 36.8 Å². The largest absolute Gasteiger partial charge is 0.357 e. The second kappa shape index (κ2) is 11.1. The Balaban J connectivity index is 1.90. The lowest BCUT2D eigenvalue weighted by atomic mass is 10.1. The van der Waals surface area contributed by atoms with Crippen molar-refractivity contribution in [3.8, 4) is 0 Å². The molecule has 1 aromatic carbocycles. The van der Waals surface area contributed by atoms with E-state index in [1.165, 1.54) is 0 Å². The van der Waals surface area contributed by atoms with E-state index in [-0.39, 0.29) is 5.91 Å². The summed E-state index contributed by atoms with van der Waals surface area (Å²) in [5.41, 5.74) is 1.87. The van der Waals surface area contributed by atoms with E-state index < -0.39 is 0 Å². The van der Waals surface area contributed by atoms with Gasteiger partial charge in [0.1, 0.15) is 0 Å². The van der Waals surface area contributed by atoms with Crippen LogP contribution in [0.5, 0.6) is 0 Å². The van der Waals surface area contributed by atoms with Crippen LogP contribution in [0.1, 0.15) is 32.8 Å². The third-order valence-electron chi connectivity index (χ3n) is 3.90. The molecule has 0 unspecified atom stereocenters. The molecule has 3 N–H and O–H groups in total. The number of hydrogen-bond donors (Lipinski definition) is 3. The van der Waals surface area contributed by atoms with Gasteiger partial charge in [-0.15, -0.1) is 0 Å². The number of aliphatic imine (C=N–C) groups is 1. The summed E-state index contributed by atoms with van der Waals surface area (Å²) in [7, 11) is 0. The third kappa shape index (κ3) is 7.98. The highest BCUT2D eigenvalue weighted by Crippen LogP contribution is 2.13. The van der Waals surface area contributed by atoms with Gasteiger partial charge in [0.25, 0.3) is 0 Å². The average Bonchev–Trinajstić information content (AvgIpc) is 3.12. The van der Waals surface area contributed by atoms with Crippen molar-refractivity contribution in [1.82, 2.24) is 15.2 Å². The average molecular weight is 370 g/mol. The smallest absolute Gasteiger partial charge is 0.224 e. The molecule has 0 spiro atoms. The van der Waals surface area contributed by atoms with Crippen LogP contribution >= 0.6 is 0 Å². The minimum Gasteiger partial charge on any atom is -0.357 e. The minimum atomic E-state index is 0.0469. The van der Waals surface area contributed by atoms with E-state index in [1.807, 2.05) is 69.6 Å². The maximum Gasteiger partial charge on any atom is 0.224 e. The zero-order valence-corrected chi connectivity index (χ0v) is 16.5. The van der Waals surface area contributed by atoms with Gasteiger partial charge in [0, 0.05) is 44.1 Å². The molecule has 0 aliphatic rings. The molecule has 0 aliphatic heterocycles. The van der Waals surface area contributed by atoms with Gasteiger partial charge >= 0.3 is 0 Å². The van der Waals surface area contributed by atoms with Crippen LogP contribution in [0.4, 0.5) is 5.69 Å². The molecular formula is C21H31N5O. The Labute approximate surface area is 162 Å². The van der Waals surface area contributed by atoms with E-state index in [4.69, 9.17) is 0 Å². The highest BCUT2D eigenvalue weighted by atomic mass is 16.1. The van der Waals surface area contributed by atoms with E-state index in [1.54, 1.807) is 0 Å². The van der Waals surface area contributed by atoms with Crippen LogP contribution in [-0.4, -0.2) is 29.5 Å². The van der Waals surface area contributed by atoms with Crippen molar-refractivity contribution >= 4 is 17.6 Å². The first-order chi connectivity index (χ1) is 13.1. The summed E-state index contributed by atoms with van der Waals surface area (Å²) in [6, 6.07) is 11.9. The first-order valence-corrected chi connectivity index (χ1v) is 9.58. The second-order valence-electron chi connectivity index (χ2n) is 6.89. The molecule has 27 heavy (non-hydrogen) atoms. The van der Waals surface area contributed by atoms with Gasteiger partial charge in [-0.2, -0.15) is 0 Å². The Morgan fingerprint density at radius 1 is 1.15 bits per heavy atom. The molecular weight excluding hydrogens is 338 g/mol. The SMILES string of the molecule is CCNC(=NCc1cccc(NC(=O)CC(C)C)c1)NCCn1cccc1. The predicted octanol–water partition coefficient (Wildman–Crippen LogP) is 3.23. The Morgan fingerprint density at radius 2 is 1.93 bits per heavy atom. The molecule has 1 heterocycles. The Kier molecular flexibility index (Phi) is 8.42. The van der Waals surface area contributed by atoms with Gasteiger partial charge in [0.2, 0.25) is 5.91 Å². The lowest BCUT2D eigenvalue weighted by Gasteiger charge is -2.12. The van der Waals surface area contributed by atoms with Crippen molar-refractivity contribution in [2.75, 3.05) is 18.4 Å². The maximum absolute atomic E-state index is 11.9. The van der Waals surface area contributed by atoms with Crippen LogP contribution in [-0.2, 0) is 17.9 Å².